The lowest BCUT2D eigenvalue weighted by Gasteiger charge is -2.16. The number of rotatable bonds is 7. The fraction of sp³-hybridized carbons (Fsp3) is 0.263. The van der Waals surface area contributed by atoms with Crippen molar-refractivity contribution in [2.45, 2.75) is 32.7 Å². The van der Waals surface area contributed by atoms with Gasteiger partial charge in [0.2, 0.25) is 0 Å². The smallest absolute Gasteiger partial charge is 0.319 e. The van der Waals surface area contributed by atoms with Crippen LogP contribution in [0.2, 0.25) is 0 Å². The third kappa shape index (κ3) is 5.24. The fourth-order valence-electron chi connectivity index (χ4n) is 2.35. The number of carbonyl (C=O) groups excluding carboxylic acids is 2. The highest BCUT2D eigenvalue weighted by Gasteiger charge is 2.12. The normalized spacial score (nSPS) is 11.4. The topological polar surface area (TPSA) is 83.4 Å². The first-order valence-electron chi connectivity index (χ1n) is 8.17. The summed E-state index contributed by atoms with van der Waals surface area (Å²) in [6.45, 7) is 7.55. The lowest BCUT2D eigenvalue weighted by molar-refractivity contribution is 0.0996. The van der Waals surface area contributed by atoms with Gasteiger partial charge in [0.25, 0.3) is 5.91 Å². The molecule has 132 valence electrons. The Hall–Kier alpha value is -3.02. The summed E-state index contributed by atoms with van der Waals surface area (Å²) >= 11 is 0. The van der Waals surface area contributed by atoms with Gasteiger partial charge in [-0.3, -0.25) is 4.79 Å². The van der Waals surface area contributed by atoms with Crippen LogP contribution < -0.4 is 16.0 Å². The Labute approximate surface area is 147 Å². The van der Waals surface area contributed by atoms with E-state index in [0.29, 0.717) is 11.4 Å². The van der Waals surface area contributed by atoms with Crippen LogP contribution >= 0.6 is 0 Å². The molecule has 0 bridgehead atoms. The van der Waals surface area contributed by atoms with E-state index in [1.807, 2.05) is 13.8 Å². The number of furan rings is 1. The summed E-state index contributed by atoms with van der Waals surface area (Å²) in [4.78, 5) is 24.1. The highest BCUT2D eigenvalue weighted by atomic mass is 16.3. The third-order valence-corrected chi connectivity index (χ3v) is 3.76. The molecule has 0 aliphatic heterocycles. The molecular weight excluding hydrogens is 318 g/mol. The first kappa shape index (κ1) is 18.3. The van der Waals surface area contributed by atoms with E-state index in [-0.39, 0.29) is 23.7 Å². The predicted molar refractivity (Wildman–Crippen MR) is 98.9 cm³/mol. The van der Waals surface area contributed by atoms with E-state index in [9.17, 15) is 9.59 Å². The minimum Gasteiger partial charge on any atom is -0.459 e. The summed E-state index contributed by atoms with van der Waals surface area (Å²) in [5, 5.41) is 8.48. The van der Waals surface area contributed by atoms with Gasteiger partial charge >= 0.3 is 6.03 Å². The van der Waals surface area contributed by atoms with Crippen LogP contribution in [-0.4, -0.2) is 18.0 Å². The van der Waals surface area contributed by atoms with E-state index >= 15 is 0 Å². The van der Waals surface area contributed by atoms with Crippen molar-refractivity contribution in [3.63, 3.8) is 0 Å². The van der Waals surface area contributed by atoms with Gasteiger partial charge < -0.3 is 20.4 Å². The van der Waals surface area contributed by atoms with Gasteiger partial charge in [0, 0.05) is 17.4 Å². The van der Waals surface area contributed by atoms with Crippen molar-refractivity contribution in [3.05, 3.63) is 60.6 Å². The molecule has 1 heterocycles. The van der Waals surface area contributed by atoms with Gasteiger partial charge in [-0.15, -0.1) is 6.58 Å². The Kier molecular flexibility index (Phi) is 6.39. The van der Waals surface area contributed by atoms with Gasteiger partial charge in [-0.05, 0) is 55.7 Å². The largest absolute Gasteiger partial charge is 0.459 e. The van der Waals surface area contributed by atoms with Crippen molar-refractivity contribution in [2.24, 2.45) is 0 Å². The molecule has 0 unspecified atom stereocenters. The Morgan fingerprint density at radius 3 is 2.68 bits per heavy atom. The van der Waals surface area contributed by atoms with Crippen LogP contribution in [0.5, 0.6) is 0 Å². The Bertz CT molecular complexity index is 738. The molecule has 0 aliphatic carbocycles. The second-order valence-corrected chi connectivity index (χ2v) is 5.69. The van der Waals surface area contributed by atoms with Gasteiger partial charge in [-0.25, -0.2) is 4.79 Å². The molecule has 0 saturated heterocycles. The number of benzene rings is 1. The maximum absolute atomic E-state index is 12.0. The maximum Gasteiger partial charge on any atom is 0.319 e. The average Bonchev–Trinajstić information content (AvgIpc) is 3.11. The first-order valence-corrected chi connectivity index (χ1v) is 8.17. The molecule has 25 heavy (non-hydrogen) atoms. The third-order valence-electron chi connectivity index (χ3n) is 3.76. The number of carbonyl (C=O) groups is 2. The zero-order chi connectivity index (χ0) is 18.2. The zero-order valence-electron chi connectivity index (χ0n) is 14.5. The van der Waals surface area contributed by atoms with Crippen LogP contribution in [-0.2, 0) is 0 Å². The molecule has 0 spiro atoms. The lowest BCUT2D eigenvalue weighted by Crippen LogP contribution is -2.37. The second-order valence-electron chi connectivity index (χ2n) is 5.69. The summed E-state index contributed by atoms with van der Waals surface area (Å²) in [5.74, 6) is -0.0735. The van der Waals surface area contributed by atoms with Gasteiger partial charge in [-0.1, -0.05) is 13.0 Å². The molecule has 3 amide bonds. The molecule has 2 aromatic rings. The average molecular weight is 341 g/mol. The molecule has 1 aromatic heterocycles. The molecule has 6 heteroatoms. The molecule has 2 rings (SSSR count). The summed E-state index contributed by atoms with van der Waals surface area (Å²) < 4.78 is 5.07. The Balaban J connectivity index is 1.98. The van der Waals surface area contributed by atoms with E-state index in [1.54, 1.807) is 36.4 Å². The standard InChI is InChI=1S/C19H23N3O3/c1-4-7-14(5-2)20-19(24)21-15-9-10-16(13(3)12-15)22-18(23)17-8-6-11-25-17/h4,6,8-12,14H,1,5,7H2,2-3H3,(H,22,23)(H2,20,21,24)/t14-/m1/s1. The van der Waals surface area contributed by atoms with Gasteiger partial charge in [0.05, 0.1) is 6.26 Å². The Morgan fingerprint density at radius 1 is 1.28 bits per heavy atom. The number of hydrogen-bond acceptors (Lipinski definition) is 3. The van der Waals surface area contributed by atoms with Crippen molar-refractivity contribution >= 4 is 23.3 Å². The highest BCUT2D eigenvalue weighted by molar-refractivity contribution is 6.02. The molecule has 0 aliphatic rings. The van der Waals surface area contributed by atoms with E-state index in [1.165, 1.54) is 6.26 Å². The van der Waals surface area contributed by atoms with Gasteiger partial charge in [0.1, 0.15) is 0 Å². The summed E-state index contributed by atoms with van der Waals surface area (Å²) in [5.41, 5.74) is 2.14. The number of nitrogens with one attached hydrogen (secondary N) is 3. The quantitative estimate of drug-likeness (QED) is 0.656. The predicted octanol–water partition coefficient (Wildman–Crippen LogP) is 4.32. The molecule has 0 fully saturated rings. The minimum atomic E-state index is -0.318. The summed E-state index contributed by atoms with van der Waals surface area (Å²) in [7, 11) is 0. The van der Waals surface area contributed by atoms with Crippen molar-refractivity contribution in [1.29, 1.82) is 0 Å². The van der Waals surface area contributed by atoms with Crippen LogP contribution in [0.15, 0.2) is 53.7 Å². The van der Waals surface area contributed by atoms with Crippen molar-refractivity contribution < 1.29 is 14.0 Å². The van der Waals surface area contributed by atoms with Crippen LogP contribution in [0.3, 0.4) is 0 Å². The molecule has 6 nitrogen and oxygen atoms in total. The van der Waals surface area contributed by atoms with Crippen molar-refractivity contribution in [3.8, 4) is 0 Å². The molecule has 1 aromatic carbocycles. The highest BCUT2D eigenvalue weighted by Crippen LogP contribution is 2.20. The number of aryl methyl sites for hydroxylation is 1. The molecule has 0 saturated carbocycles. The molecule has 3 N–H and O–H groups in total. The summed E-state index contributed by atoms with van der Waals surface area (Å²) in [6, 6.07) is 8.32. The number of amides is 3. The molecule has 0 radical (unpaired) electrons. The summed E-state index contributed by atoms with van der Waals surface area (Å²) in [6.07, 6.45) is 4.79. The second kappa shape index (κ2) is 8.73. The number of hydrogen-bond donors (Lipinski definition) is 3. The van der Waals surface area contributed by atoms with E-state index in [4.69, 9.17) is 4.42 Å². The minimum absolute atomic E-state index is 0.0606. The number of anilines is 2. The van der Waals surface area contributed by atoms with Crippen LogP contribution in [0, 0.1) is 6.92 Å². The van der Waals surface area contributed by atoms with Crippen LogP contribution in [0.4, 0.5) is 16.2 Å². The molecular formula is C19H23N3O3. The van der Waals surface area contributed by atoms with Crippen LogP contribution in [0.25, 0.3) is 0 Å². The zero-order valence-corrected chi connectivity index (χ0v) is 14.5. The SMILES string of the molecule is C=CC[C@@H](CC)NC(=O)Nc1ccc(NC(=O)c2ccco2)c(C)c1. The Morgan fingerprint density at radius 2 is 2.08 bits per heavy atom. The lowest BCUT2D eigenvalue weighted by atomic mass is 10.1. The molecule has 1 atom stereocenters. The van der Waals surface area contributed by atoms with Crippen molar-refractivity contribution in [1.82, 2.24) is 5.32 Å². The number of urea groups is 1. The van der Waals surface area contributed by atoms with E-state index in [2.05, 4.69) is 22.5 Å². The first-order chi connectivity index (χ1) is 12.0. The van der Waals surface area contributed by atoms with Gasteiger partial charge in [-0.2, -0.15) is 0 Å². The van der Waals surface area contributed by atoms with Gasteiger partial charge in [0.15, 0.2) is 5.76 Å². The van der Waals surface area contributed by atoms with E-state index in [0.717, 1.165) is 18.4 Å². The van der Waals surface area contributed by atoms with E-state index < -0.39 is 0 Å². The fourth-order valence-corrected chi connectivity index (χ4v) is 2.35. The maximum atomic E-state index is 12.0. The van der Waals surface area contributed by atoms with Crippen molar-refractivity contribution in [2.75, 3.05) is 10.6 Å². The monoisotopic (exact) mass is 341 g/mol. The van der Waals surface area contributed by atoms with Crippen LogP contribution in [0.1, 0.15) is 35.9 Å².